The van der Waals surface area contributed by atoms with Crippen LogP contribution < -0.4 is 25.0 Å². The second-order valence-corrected chi connectivity index (χ2v) is 10.5. The molecule has 0 fully saturated rings. The van der Waals surface area contributed by atoms with E-state index in [1.807, 2.05) is 24.3 Å². The number of aromatic nitrogens is 1. The number of carboxylic acids is 2. The van der Waals surface area contributed by atoms with Gasteiger partial charge in [-0.05, 0) is 79.4 Å². The van der Waals surface area contributed by atoms with Gasteiger partial charge in [-0.15, -0.1) is 11.8 Å². The first-order chi connectivity index (χ1) is 20.3. The number of ether oxygens (including phenoxy) is 2. The van der Waals surface area contributed by atoms with Crippen LogP contribution in [0.4, 0.5) is 5.69 Å². The van der Waals surface area contributed by atoms with Crippen molar-refractivity contribution in [3.8, 4) is 11.5 Å². The summed E-state index contributed by atoms with van der Waals surface area (Å²) in [5.74, 6) is -2.55. The number of carboxylic acid groups (broad SMARTS) is 2. The summed E-state index contributed by atoms with van der Waals surface area (Å²) < 4.78 is 11.1. The Kier molecular flexibility index (Phi) is 13.4. The number of methoxy groups -OCH3 is 1. The minimum atomic E-state index is -1.81. The summed E-state index contributed by atoms with van der Waals surface area (Å²) in [4.78, 5) is 38.3. The Morgan fingerprint density at radius 3 is 2.38 bits per heavy atom. The van der Waals surface area contributed by atoms with Gasteiger partial charge in [0.25, 0.3) is 5.91 Å². The third-order valence-electron chi connectivity index (χ3n) is 6.26. The number of carbonyl (C=O) groups excluding carboxylic acids is 3. The Balaban J connectivity index is 1.43. The normalized spacial score (nSPS) is 10.9. The van der Waals surface area contributed by atoms with Crippen LogP contribution in [0.3, 0.4) is 0 Å². The molecule has 3 rings (SSSR count). The average Bonchev–Trinajstić information content (AvgIpc) is 2.99. The first-order valence-electron chi connectivity index (χ1n) is 13.7. The van der Waals surface area contributed by atoms with E-state index < -0.39 is 17.8 Å². The quantitative estimate of drug-likeness (QED) is 0.108. The molecule has 1 N–H and O–H groups in total. The lowest BCUT2D eigenvalue weighted by Gasteiger charge is -2.11. The van der Waals surface area contributed by atoms with Gasteiger partial charge in [0.1, 0.15) is 23.2 Å². The molecular formula is C32H34N2O7S-2. The first-order valence-corrected chi connectivity index (χ1v) is 14.7. The lowest BCUT2D eigenvalue weighted by molar-refractivity contribution is -0.300. The van der Waals surface area contributed by atoms with E-state index in [2.05, 4.69) is 22.4 Å². The number of thioether (sulfide) groups is 1. The van der Waals surface area contributed by atoms with Crippen molar-refractivity contribution in [2.24, 2.45) is 0 Å². The van der Waals surface area contributed by atoms with Crippen LogP contribution in [0.15, 0.2) is 71.6 Å². The molecule has 1 aromatic heterocycles. The zero-order valence-corrected chi connectivity index (χ0v) is 24.3. The molecule has 1 amide bonds. The SMILES string of the molecule is COc1ccc(CCCCCCCCOc2ccc(CSc3cccc(NC(=O)C(=O)[O-])c3)nc2/C=C/C(=O)[O-])cc1. The molecule has 0 aliphatic heterocycles. The summed E-state index contributed by atoms with van der Waals surface area (Å²) in [5.41, 5.74) is 2.73. The third kappa shape index (κ3) is 11.7. The van der Waals surface area contributed by atoms with Crippen LogP contribution in [0.5, 0.6) is 11.5 Å². The number of benzene rings is 2. The summed E-state index contributed by atoms with van der Waals surface area (Å²) in [6.07, 6.45) is 9.86. The maximum absolute atomic E-state index is 11.3. The van der Waals surface area contributed by atoms with Crippen LogP contribution in [0.25, 0.3) is 6.08 Å². The number of amides is 1. The molecule has 42 heavy (non-hydrogen) atoms. The maximum Gasteiger partial charge on any atom is 0.271 e. The van der Waals surface area contributed by atoms with E-state index in [-0.39, 0.29) is 0 Å². The smallest absolute Gasteiger partial charge is 0.271 e. The molecule has 10 heteroatoms. The number of aryl methyl sites for hydroxylation is 1. The number of hydrogen-bond acceptors (Lipinski definition) is 9. The number of unbranched alkanes of at least 4 members (excludes halogenated alkanes) is 5. The first kappa shape index (κ1) is 32.2. The number of nitrogens with zero attached hydrogens (tertiary/aromatic N) is 1. The number of hydrogen-bond donors (Lipinski definition) is 1. The van der Waals surface area contributed by atoms with Crippen molar-refractivity contribution in [3.63, 3.8) is 0 Å². The Morgan fingerprint density at radius 1 is 0.929 bits per heavy atom. The largest absolute Gasteiger partial charge is 0.545 e. The lowest BCUT2D eigenvalue weighted by atomic mass is 10.0. The van der Waals surface area contributed by atoms with Crippen LogP contribution in [0, 0.1) is 0 Å². The summed E-state index contributed by atoms with van der Waals surface area (Å²) in [6.45, 7) is 0.498. The maximum atomic E-state index is 11.3. The minimum Gasteiger partial charge on any atom is -0.545 e. The Hall–Kier alpha value is -4.31. The number of nitrogens with one attached hydrogen (secondary N) is 1. The molecule has 0 aliphatic carbocycles. The second kappa shape index (κ2) is 17.5. The molecule has 0 atom stereocenters. The van der Waals surface area contributed by atoms with Crippen molar-refractivity contribution in [2.75, 3.05) is 19.0 Å². The second-order valence-electron chi connectivity index (χ2n) is 9.46. The van der Waals surface area contributed by atoms with Gasteiger partial charge < -0.3 is 34.6 Å². The van der Waals surface area contributed by atoms with E-state index in [0.717, 1.165) is 55.2 Å². The molecular weight excluding hydrogens is 556 g/mol. The third-order valence-corrected chi connectivity index (χ3v) is 7.29. The van der Waals surface area contributed by atoms with Gasteiger partial charge in [-0.3, -0.25) is 4.79 Å². The van der Waals surface area contributed by atoms with Gasteiger partial charge >= 0.3 is 0 Å². The van der Waals surface area contributed by atoms with E-state index >= 15 is 0 Å². The molecule has 0 unspecified atom stereocenters. The van der Waals surface area contributed by atoms with Crippen molar-refractivity contribution >= 4 is 41.4 Å². The van der Waals surface area contributed by atoms with Crippen LogP contribution in [-0.4, -0.2) is 36.5 Å². The number of pyridine rings is 1. The summed E-state index contributed by atoms with van der Waals surface area (Å²) in [5, 5.41) is 23.9. The van der Waals surface area contributed by atoms with Crippen LogP contribution in [0.2, 0.25) is 0 Å². The standard InChI is InChI=1S/C32H36N2O7S/c1-40-26-15-12-23(13-16-26)9-6-4-2-3-5-7-20-41-29-18-14-25(33-28(29)17-19-30(35)36)22-42-27-11-8-10-24(21-27)34-31(37)32(38)39/h8,10-19,21H,2-7,9,20,22H2,1H3,(H,34,37)(H,35,36)(H,38,39)/p-2/b19-17+. The summed E-state index contributed by atoms with van der Waals surface area (Å²) in [7, 11) is 1.67. The number of carbonyl (C=O) groups is 3. The van der Waals surface area contributed by atoms with Crippen molar-refractivity contribution in [3.05, 3.63) is 83.7 Å². The fourth-order valence-corrected chi connectivity index (χ4v) is 4.95. The predicted octanol–water partition coefficient (Wildman–Crippen LogP) is 3.80. The lowest BCUT2D eigenvalue weighted by Crippen LogP contribution is -2.36. The average molecular weight is 591 g/mol. The molecule has 0 bridgehead atoms. The molecule has 0 radical (unpaired) electrons. The van der Waals surface area contributed by atoms with Crippen molar-refractivity contribution in [2.45, 2.75) is 55.6 Å². The van der Waals surface area contributed by atoms with Crippen LogP contribution in [-0.2, 0) is 26.6 Å². The van der Waals surface area contributed by atoms with Crippen LogP contribution >= 0.6 is 11.8 Å². The fraction of sp³-hybridized carbons (Fsp3) is 0.312. The van der Waals surface area contributed by atoms with Gasteiger partial charge in [0, 0.05) is 16.3 Å². The highest BCUT2D eigenvalue weighted by Crippen LogP contribution is 2.27. The Bertz CT molecular complexity index is 1360. The van der Waals surface area contributed by atoms with E-state index in [1.54, 1.807) is 31.4 Å². The molecule has 222 valence electrons. The minimum absolute atomic E-state index is 0.331. The monoisotopic (exact) mass is 590 g/mol. The molecule has 9 nitrogen and oxygen atoms in total. The zero-order chi connectivity index (χ0) is 30.2. The van der Waals surface area contributed by atoms with Gasteiger partial charge in [0.05, 0.1) is 25.4 Å². The molecule has 0 aliphatic rings. The van der Waals surface area contributed by atoms with E-state index in [9.17, 15) is 24.6 Å². The van der Waals surface area contributed by atoms with Crippen molar-refractivity contribution in [1.82, 2.24) is 4.98 Å². The molecule has 1 heterocycles. The topological polar surface area (TPSA) is 141 Å². The zero-order valence-electron chi connectivity index (χ0n) is 23.5. The van der Waals surface area contributed by atoms with Gasteiger partial charge in [-0.25, -0.2) is 4.98 Å². The predicted molar refractivity (Wildman–Crippen MR) is 158 cm³/mol. The van der Waals surface area contributed by atoms with E-state index in [4.69, 9.17) is 9.47 Å². The Morgan fingerprint density at radius 2 is 1.67 bits per heavy atom. The van der Waals surface area contributed by atoms with Gasteiger partial charge in [-0.1, -0.05) is 43.9 Å². The molecule has 3 aromatic rings. The molecule has 0 saturated carbocycles. The highest BCUT2D eigenvalue weighted by atomic mass is 32.2. The highest BCUT2D eigenvalue weighted by molar-refractivity contribution is 7.98. The summed E-state index contributed by atoms with van der Waals surface area (Å²) in [6, 6.07) is 18.5. The fourth-order valence-electron chi connectivity index (χ4n) is 4.09. The van der Waals surface area contributed by atoms with Crippen LogP contribution in [0.1, 0.15) is 55.5 Å². The van der Waals surface area contributed by atoms with Gasteiger partial charge in [0.15, 0.2) is 0 Å². The number of anilines is 1. The molecule has 0 saturated heterocycles. The Labute approximate surface area is 250 Å². The van der Waals surface area contributed by atoms with Gasteiger partial charge in [0.2, 0.25) is 0 Å². The van der Waals surface area contributed by atoms with Crippen molar-refractivity contribution in [1.29, 1.82) is 0 Å². The van der Waals surface area contributed by atoms with E-state index in [0.29, 0.717) is 35.2 Å². The van der Waals surface area contributed by atoms with Gasteiger partial charge in [-0.2, -0.15) is 0 Å². The highest BCUT2D eigenvalue weighted by Gasteiger charge is 2.08. The molecule has 0 spiro atoms. The summed E-state index contributed by atoms with van der Waals surface area (Å²) >= 11 is 1.42. The number of aliphatic carboxylic acids is 2. The molecule has 2 aromatic carbocycles. The number of rotatable bonds is 17. The van der Waals surface area contributed by atoms with E-state index in [1.165, 1.54) is 29.8 Å². The van der Waals surface area contributed by atoms with Crippen molar-refractivity contribution < 1.29 is 34.1 Å².